The quantitative estimate of drug-likeness (QED) is 0.207. The predicted molar refractivity (Wildman–Crippen MR) is 147 cm³/mol. The van der Waals surface area contributed by atoms with Gasteiger partial charge in [-0.25, -0.2) is 18.2 Å². The zero-order chi connectivity index (χ0) is 30.3. The molecule has 41 heavy (non-hydrogen) atoms. The van der Waals surface area contributed by atoms with Crippen LogP contribution in [0.1, 0.15) is 79.6 Å². The first-order valence-corrected chi connectivity index (χ1v) is 13.4. The molecule has 1 atom stereocenters. The smallest absolute Gasteiger partial charge is 0.287 e. The summed E-state index contributed by atoms with van der Waals surface area (Å²) >= 11 is 0. The molecule has 1 aromatic heterocycles. The van der Waals surface area contributed by atoms with Crippen LogP contribution < -0.4 is 5.56 Å². The van der Waals surface area contributed by atoms with Crippen molar-refractivity contribution >= 4 is 0 Å². The molecule has 1 heterocycles. The molecule has 0 saturated heterocycles. The maximum absolute atomic E-state index is 13.5. The fraction of sp³-hybridized carbons (Fsp3) is 0.312. The number of aromatic nitrogens is 2. The second-order valence-electron chi connectivity index (χ2n) is 9.65. The van der Waals surface area contributed by atoms with Crippen molar-refractivity contribution in [2.45, 2.75) is 65.1 Å². The molecule has 0 aliphatic heterocycles. The van der Waals surface area contributed by atoms with Crippen molar-refractivity contribution in [1.29, 1.82) is 0 Å². The van der Waals surface area contributed by atoms with Crippen LogP contribution in [0.5, 0.6) is 0 Å². The van der Waals surface area contributed by atoms with Gasteiger partial charge in [-0.2, -0.15) is 13.2 Å². The summed E-state index contributed by atoms with van der Waals surface area (Å²) in [5.41, 5.74) is 2.21. The number of halogens is 6. The normalized spacial score (nSPS) is 12.2. The van der Waals surface area contributed by atoms with E-state index in [-0.39, 0.29) is 23.1 Å². The van der Waals surface area contributed by atoms with Gasteiger partial charge in [0.25, 0.3) is 5.56 Å². The molecule has 0 amide bonds. The van der Waals surface area contributed by atoms with E-state index >= 15 is 0 Å². The Balaban J connectivity index is 0.000000298. The van der Waals surface area contributed by atoms with Crippen LogP contribution in [0.2, 0.25) is 0 Å². The first kappa shape index (κ1) is 31.6. The van der Waals surface area contributed by atoms with Crippen LogP contribution in [-0.2, 0) is 19.0 Å². The second kappa shape index (κ2) is 13.7. The zero-order valence-corrected chi connectivity index (χ0v) is 23.3. The molecular weight excluding hydrogens is 542 g/mol. The van der Waals surface area contributed by atoms with Gasteiger partial charge in [0.1, 0.15) is 17.5 Å². The van der Waals surface area contributed by atoms with Gasteiger partial charge in [0.15, 0.2) is 0 Å². The predicted octanol–water partition coefficient (Wildman–Crippen LogP) is 8.64. The molecule has 0 N–H and O–H groups in total. The number of nitrogens with zero attached hydrogens (tertiary/aromatic N) is 2. The summed E-state index contributed by atoms with van der Waals surface area (Å²) in [5, 5.41) is 0. The van der Waals surface area contributed by atoms with Crippen LogP contribution in [0.3, 0.4) is 0 Å². The zero-order valence-electron chi connectivity index (χ0n) is 23.3. The number of benzene rings is 3. The average molecular weight is 575 g/mol. The molecule has 0 saturated carbocycles. The molecule has 4 aromatic rings. The monoisotopic (exact) mass is 574 g/mol. The van der Waals surface area contributed by atoms with Crippen molar-refractivity contribution in [3.05, 3.63) is 134 Å². The number of hydrogen-bond donors (Lipinski definition) is 0. The Bertz CT molecular complexity index is 1450. The summed E-state index contributed by atoms with van der Waals surface area (Å²) in [4.78, 5) is 17.9. The maximum atomic E-state index is 13.5. The summed E-state index contributed by atoms with van der Waals surface area (Å²) < 4.78 is 77.5. The molecule has 0 bridgehead atoms. The third-order valence-corrected chi connectivity index (χ3v) is 6.97. The van der Waals surface area contributed by atoms with Crippen molar-refractivity contribution in [3.8, 4) is 0 Å². The number of rotatable bonds is 7. The molecule has 4 rings (SSSR count). The van der Waals surface area contributed by atoms with Crippen LogP contribution in [0, 0.1) is 17.5 Å². The van der Waals surface area contributed by atoms with Crippen molar-refractivity contribution in [2.24, 2.45) is 0 Å². The number of alkyl halides is 3. The van der Waals surface area contributed by atoms with Crippen molar-refractivity contribution < 1.29 is 26.3 Å². The SMILES string of the molecule is CCc1c(C(C)CC)ncn(C(c2ccc(F)cc2)c2ccc(F)cc2)c1=O.CCc1ccc(C(F)(F)F)cc1F. The molecule has 0 aliphatic carbocycles. The largest absolute Gasteiger partial charge is 0.416 e. The maximum Gasteiger partial charge on any atom is 0.416 e. The van der Waals surface area contributed by atoms with Gasteiger partial charge in [-0.15, -0.1) is 0 Å². The summed E-state index contributed by atoms with van der Waals surface area (Å²) in [6.45, 7) is 7.75. The van der Waals surface area contributed by atoms with Gasteiger partial charge in [0, 0.05) is 5.56 Å². The van der Waals surface area contributed by atoms with Gasteiger partial charge in [-0.05, 0) is 78.3 Å². The molecule has 218 valence electrons. The molecular formula is C32H32F6N2O. The molecule has 3 nitrogen and oxygen atoms in total. The van der Waals surface area contributed by atoms with Gasteiger partial charge in [-0.1, -0.05) is 58.0 Å². The summed E-state index contributed by atoms with van der Waals surface area (Å²) in [7, 11) is 0. The third-order valence-electron chi connectivity index (χ3n) is 6.97. The van der Waals surface area contributed by atoms with E-state index in [9.17, 15) is 31.1 Å². The highest BCUT2D eigenvalue weighted by atomic mass is 19.4. The Morgan fingerprint density at radius 1 is 0.805 bits per heavy atom. The van der Waals surface area contributed by atoms with Crippen LogP contribution in [0.15, 0.2) is 77.9 Å². The molecule has 0 fully saturated rings. The van der Waals surface area contributed by atoms with Crippen molar-refractivity contribution in [2.75, 3.05) is 0 Å². The van der Waals surface area contributed by atoms with Gasteiger partial charge in [0.2, 0.25) is 0 Å². The van der Waals surface area contributed by atoms with Crippen molar-refractivity contribution in [3.63, 3.8) is 0 Å². The Hall–Kier alpha value is -3.88. The standard InChI is InChI=1S/C23H24F2N2O.C9H8F4/c1-4-15(3)21-20(5-2)23(28)27(14-26-21)22(16-6-10-18(24)11-7-16)17-8-12-19(25)13-9-17;1-2-6-3-4-7(5-8(6)10)9(11,12)13/h6-15,22H,4-5H2,1-3H3;3-5H,2H2,1H3. The molecule has 0 spiro atoms. The summed E-state index contributed by atoms with van der Waals surface area (Å²) in [6.07, 6.45) is -1.05. The Labute approximate surface area is 235 Å². The van der Waals surface area contributed by atoms with E-state index in [2.05, 4.69) is 18.8 Å². The van der Waals surface area contributed by atoms with Crippen LogP contribution in [0.25, 0.3) is 0 Å². The summed E-state index contributed by atoms with van der Waals surface area (Å²) in [5.74, 6) is -1.31. The summed E-state index contributed by atoms with van der Waals surface area (Å²) in [6, 6.07) is 14.1. The Morgan fingerprint density at radius 3 is 1.76 bits per heavy atom. The molecule has 0 radical (unpaired) electrons. The average Bonchev–Trinajstić information content (AvgIpc) is 2.95. The fourth-order valence-electron chi connectivity index (χ4n) is 4.47. The van der Waals surface area contributed by atoms with Crippen LogP contribution in [0.4, 0.5) is 26.3 Å². The first-order valence-electron chi connectivity index (χ1n) is 13.4. The Morgan fingerprint density at radius 2 is 1.34 bits per heavy atom. The molecule has 1 unspecified atom stereocenters. The van der Waals surface area contributed by atoms with Crippen LogP contribution >= 0.6 is 0 Å². The first-order chi connectivity index (χ1) is 19.4. The highest BCUT2D eigenvalue weighted by Gasteiger charge is 2.31. The van der Waals surface area contributed by atoms with E-state index in [1.807, 2.05) is 6.92 Å². The number of aryl methyl sites for hydroxylation is 1. The van der Waals surface area contributed by atoms with Gasteiger partial charge >= 0.3 is 6.18 Å². The topological polar surface area (TPSA) is 34.9 Å². The van der Waals surface area contributed by atoms with E-state index in [4.69, 9.17) is 0 Å². The highest BCUT2D eigenvalue weighted by Crippen LogP contribution is 2.30. The minimum atomic E-state index is -4.47. The van der Waals surface area contributed by atoms with E-state index in [1.165, 1.54) is 24.3 Å². The minimum Gasteiger partial charge on any atom is -0.287 e. The molecule has 0 aliphatic rings. The van der Waals surface area contributed by atoms with Gasteiger partial charge in [0.05, 0.1) is 23.6 Å². The highest BCUT2D eigenvalue weighted by molar-refractivity contribution is 5.34. The lowest BCUT2D eigenvalue weighted by atomic mass is 9.96. The van der Waals surface area contributed by atoms with E-state index in [0.717, 1.165) is 35.4 Å². The third kappa shape index (κ3) is 7.65. The number of hydrogen-bond acceptors (Lipinski definition) is 2. The van der Waals surface area contributed by atoms with E-state index in [0.29, 0.717) is 30.0 Å². The lowest BCUT2D eigenvalue weighted by Crippen LogP contribution is -2.31. The second-order valence-corrected chi connectivity index (χ2v) is 9.65. The van der Waals surface area contributed by atoms with Crippen molar-refractivity contribution in [1.82, 2.24) is 9.55 Å². The molecule has 9 heteroatoms. The van der Waals surface area contributed by atoms with E-state index < -0.39 is 23.6 Å². The van der Waals surface area contributed by atoms with Gasteiger partial charge < -0.3 is 0 Å². The minimum absolute atomic E-state index is 0.119. The van der Waals surface area contributed by atoms with E-state index in [1.54, 1.807) is 42.1 Å². The lowest BCUT2D eigenvalue weighted by Gasteiger charge is -2.23. The fourth-order valence-corrected chi connectivity index (χ4v) is 4.47. The van der Waals surface area contributed by atoms with Crippen LogP contribution in [-0.4, -0.2) is 9.55 Å². The molecule has 3 aromatic carbocycles. The lowest BCUT2D eigenvalue weighted by molar-refractivity contribution is -0.137. The Kier molecular flexibility index (Phi) is 10.5. The van der Waals surface area contributed by atoms with Gasteiger partial charge in [-0.3, -0.25) is 9.36 Å².